The molecule has 0 aromatic heterocycles. The Labute approximate surface area is 104 Å². The molecule has 0 N–H and O–H groups in total. The minimum atomic E-state index is -0.963. The van der Waals surface area contributed by atoms with Gasteiger partial charge >= 0.3 is 5.97 Å². The summed E-state index contributed by atoms with van der Waals surface area (Å²) in [5, 5.41) is 0. The summed E-state index contributed by atoms with van der Waals surface area (Å²) in [5.41, 5.74) is 0.237. The highest BCUT2D eigenvalue weighted by Gasteiger charge is 2.43. The molecule has 4 nitrogen and oxygen atoms in total. The SMILES string of the molecule is COc1ccc2c(c1)C1(C=CC(=O)C=C1)OC2=O. The number of carbonyl (C=O) groups excluding carboxylic acids is 2. The maximum absolute atomic E-state index is 11.8. The molecule has 0 saturated heterocycles. The van der Waals surface area contributed by atoms with Crippen molar-refractivity contribution in [2.24, 2.45) is 0 Å². The molecule has 1 aliphatic heterocycles. The molecule has 0 fully saturated rings. The number of allylic oxidation sites excluding steroid dienone is 2. The third kappa shape index (κ3) is 1.39. The molecule has 0 bridgehead atoms. The van der Waals surface area contributed by atoms with Gasteiger partial charge in [-0.2, -0.15) is 0 Å². The van der Waals surface area contributed by atoms with Crippen LogP contribution in [-0.2, 0) is 15.1 Å². The van der Waals surface area contributed by atoms with Crippen LogP contribution < -0.4 is 4.74 Å². The van der Waals surface area contributed by atoms with Crippen molar-refractivity contribution >= 4 is 11.8 Å². The van der Waals surface area contributed by atoms with E-state index in [-0.39, 0.29) is 5.78 Å². The molecule has 0 saturated carbocycles. The smallest absolute Gasteiger partial charge is 0.340 e. The Morgan fingerprint density at radius 2 is 1.89 bits per heavy atom. The van der Waals surface area contributed by atoms with Gasteiger partial charge in [0.1, 0.15) is 5.75 Å². The second kappa shape index (κ2) is 3.57. The fourth-order valence-corrected chi connectivity index (χ4v) is 2.19. The molecule has 2 aliphatic rings. The molecule has 1 heterocycles. The fourth-order valence-electron chi connectivity index (χ4n) is 2.19. The first-order valence-corrected chi connectivity index (χ1v) is 5.49. The van der Waals surface area contributed by atoms with E-state index in [0.717, 1.165) is 0 Å². The molecular weight excluding hydrogens is 232 g/mol. The average Bonchev–Trinajstić information content (AvgIpc) is 2.66. The Kier molecular flexibility index (Phi) is 2.13. The average molecular weight is 242 g/mol. The maximum Gasteiger partial charge on any atom is 0.340 e. The molecule has 0 unspecified atom stereocenters. The highest BCUT2D eigenvalue weighted by molar-refractivity contribution is 6.02. The Hall–Kier alpha value is -2.36. The summed E-state index contributed by atoms with van der Waals surface area (Å²) in [5.74, 6) is 0.134. The summed E-state index contributed by atoms with van der Waals surface area (Å²) < 4.78 is 10.5. The number of esters is 1. The Morgan fingerprint density at radius 1 is 1.17 bits per heavy atom. The van der Waals surface area contributed by atoms with E-state index in [2.05, 4.69) is 0 Å². The predicted octanol–water partition coefficient (Wildman–Crippen LogP) is 1.76. The molecule has 18 heavy (non-hydrogen) atoms. The highest BCUT2D eigenvalue weighted by Crippen LogP contribution is 2.41. The zero-order valence-electron chi connectivity index (χ0n) is 9.67. The number of ether oxygens (including phenoxy) is 2. The van der Waals surface area contributed by atoms with E-state index in [1.807, 2.05) is 0 Å². The number of carbonyl (C=O) groups is 2. The fraction of sp³-hybridized carbons (Fsp3) is 0.143. The normalized spacial score (nSPS) is 18.9. The quantitative estimate of drug-likeness (QED) is 0.704. The number of hydrogen-bond donors (Lipinski definition) is 0. The lowest BCUT2D eigenvalue weighted by Crippen LogP contribution is -2.23. The summed E-state index contributed by atoms with van der Waals surface area (Å²) in [6.07, 6.45) is 6.00. The van der Waals surface area contributed by atoms with E-state index in [1.165, 1.54) is 12.2 Å². The molecule has 0 atom stereocenters. The minimum Gasteiger partial charge on any atom is -0.497 e. The van der Waals surface area contributed by atoms with Crippen molar-refractivity contribution in [2.45, 2.75) is 5.60 Å². The van der Waals surface area contributed by atoms with E-state index in [1.54, 1.807) is 37.5 Å². The van der Waals surface area contributed by atoms with Crippen molar-refractivity contribution < 1.29 is 19.1 Å². The van der Waals surface area contributed by atoms with Gasteiger partial charge in [0.25, 0.3) is 0 Å². The second-order valence-electron chi connectivity index (χ2n) is 4.16. The Bertz CT molecular complexity index is 594. The lowest BCUT2D eigenvalue weighted by Gasteiger charge is -2.23. The summed E-state index contributed by atoms with van der Waals surface area (Å²) in [6, 6.07) is 5.13. The third-order valence-electron chi connectivity index (χ3n) is 3.12. The van der Waals surface area contributed by atoms with Gasteiger partial charge in [-0.25, -0.2) is 4.79 Å². The van der Waals surface area contributed by atoms with Crippen LogP contribution >= 0.6 is 0 Å². The predicted molar refractivity (Wildman–Crippen MR) is 63.4 cm³/mol. The summed E-state index contributed by atoms with van der Waals surface area (Å²) in [7, 11) is 1.56. The highest BCUT2D eigenvalue weighted by atomic mass is 16.6. The standard InChI is InChI=1S/C14H10O4/c1-17-10-2-3-11-12(8-10)14(18-13(11)16)6-4-9(15)5-7-14/h2-8H,1H3. The van der Waals surface area contributed by atoms with Crippen LogP contribution in [0.5, 0.6) is 5.75 Å². The van der Waals surface area contributed by atoms with Gasteiger partial charge in [-0.05, 0) is 42.5 Å². The van der Waals surface area contributed by atoms with Gasteiger partial charge in [-0.1, -0.05) is 0 Å². The Balaban J connectivity index is 2.18. The molecule has 3 rings (SSSR count). The number of benzene rings is 1. The summed E-state index contributed by atoms with van der Waals surface area (Å²) >= 11 is 0. The monoisotopic (exact) mass is 242 g/mol. The first-order chi connectivity index (χ1) is 8.64. The number of fused-ring (bicyclic) bond motifs is 2. The van der Waals surface area contributed by atoms with E-state index < -0.39 is 11.6 Å². The van der Waals surface area contributed by atoms with Gasteiger partial charge in [0.05, 0.1) is 12.7 Å². The number of methoxy groups -OCH3 is 1. The molecule has 0 amide bonds. The van der Waals surface area contributed by atoms with Crippen LogP contribution in [0.3, 0.4) is 0 Å². The lowest BCUT2D eigenvalue weighted by atomic mass is 9.88. The van der Waals surface area contributed by atoms with Gasteiger partial charge in [0, 0.05) is 5.56 Å². The van der Waals surface area contributed by atoms with Crippen molar-refractivity contribution in [2.75, 3.05) is 7.11 Å². The van der Waals surface area contributed by atoms with Crippen molar-refractivity contribution in [3.8, 4) is 5.75 Å². The molecule has 0 radical (unpaired) electrons. The van der Waals surface area contributed by atoms with Crippen LogP contribution in [0.25, 0.3) is 0 Å². The summed E-state index contributed by atoms with van der Waals surface area (Å²) in [6.45, 7) is 0. The van der Waals surface area contributed by atoms with Crippen molar-refractivity contribution in [3.63, 3.8) is 0 Å². The van der Waals surface area contributed by atoms with E-state index in [4.69, 9.17) is 9.47 Å². The third-order valence-corrected chi connectivity index (χ3v) is 3.12. The van der Waals surface area contributed by atoms with Crippen LogP contribution in [0, 0.1) is 0 Å². The van der Waals surface area contributed by atoms with Crippen LogP contribution in [0.15, 0.2) is 42.5 Å². The minimum absolute atomic E-state index is 0.118. The van der Waals surface area contributed by atoms with Crippen LogP contribution in [0.4, 0.5) is 0 Å². The molecule has 1 aromatic rings. The van der Waals surface area contributed by atoms with Crippen LogP contribution in [-0.4, -0.2) is 18.9 Å². The zero-order valence-corrected chi connectivity index (χ0v) is 9.67. The van der Waals surface area contributed by atoms with Crippen molar-refractivity contribution in [1.82, 2.24) is 0 Å². The largest absolute Gasteiger partial charge is 0.497 e. The topological polar surface area (TPSA) is 52.6 Å². The van der Waals surface area contributed by atoms with Gasteiger partial charge in [-0.15, -0.1) is 0 Å². The summed E-state index contributed by atoms with van der Waals surface area (Å²) in [4.78, 5) is 23.0. The van der Waals surface area contributed by atoms with Crippen LogP contribution in [0.2, 0.25) is 0 Å². The zero-order chi connectivity index (χ0) is 12.8. The number of rotatable bonds is 1. The van der Waals surface area contributed by atoms with Crippen molar-refractivity contribution in [3.05, 3.63) is 53.6 Å². The first-order valence-electron chi connectivity index (χ1n) is 5.49. The lowest BCUT2D eigenvalue weighted by molar-refractivity contribution is -0.110. The van der Waals surface area contributed by atoms with Gasteiger partial charge < -0.3 is 9.47 Å². The van der Waals surface area contributed by atoms with E-state index in [9.17, 15) is 9.59 Å². The van der Waals surface area contributed by atoms with E-state index >= 15 is 0 Å². The second-order valence-corrected chi connectivity index (χ2v) is 4.16. The molecule has 1 aromatic carbocycles. The molecule has 1 spiro atoms. The van der Waals surface area contributed by atoms with Crippen molar-refractivity contribution in [1.29, 1.82) is 0 Å². The maximum atomic E-state index is 11.8. The number of ketones is 1. The first kappa shape index (κ1) is 10.8. The van der Waals surface area contributed by atoms with E-state index in [0.29, 0.717) is 16.9 Å². The Morgan fingerprint density at radius 3 is 2.56 bits per heavy atom. The van der Waals surface area contributed by atoms with Gasteiger partial charge in [0.15, 0.2) is 11.4 Å². The van der Waals surface area contributed by atoms with Gasteiger partial charge in [0.2, 0.25) is 0 Å². The molecule has 1 aliphatic carbocycles. The molecule has 90 valence electrons. The van der Waals surface area contributed by atoms with Gasteiger partial charge in [-0.3, -0.25) is 4.79 Å². The molecular formula is C14H10O4. The molecule has 4 heteroatoms. The number of hydrogen-bond acceptors (Lipinski definition) is 4. The van der Waals surface area contributed by atoms with Crippen LogP contribution in [0.1, 0.15) is 15.9 Å².